The molecule has 1 aromatic rings. The molecule has 1 aliphatic heterocycles. The van der Waals surface area contributed by atoms with Gasteiger partial charge in [0.05, 0.1) is 0 Å². The second-order valence-electron chi connectivity index (χ2n) is 6.30. The van der Waals surface area contributed by atoms with Gasteiger partial charge >= 0.3 is 0 Å². The molecule has 5 heteroatoms. The smallest absolute Gasteiger partial charge is 0.251 e. The highest BCUT2D eigenvalue weighted by molar-refractivity contribution is 5.94. The standard InChI is InChI=1S/C18H27N3O2/c1-14(19)15-9-12-21(13-10-15)17(22)8-5-11-20-18(23)16-6-3-2-4-7-16/h2-4,6-7,14-15H,5,8-13,19H2,1H3,(H,20,23). The lowest BCUT2D eigenvalue weighted by Gasteiger charge is -2.33. The highest BCUT2D eigenvalue weighted by Gasteiger charge is 2.24. The van der Waals surface area contributed by atoms with Crippen LogP contribution in [0.2, 0.25) is 0 Å². The Hall–Kier alpha value is -1.88. The Balaban J connectivity index is 1.63. The predicted molar refractivity (Wildman–Crippen MR) is 91.0 cm³/mol. The van der Waals surface area contributed by atoms with Crippen molar-refractivity contribution < 1.29 is 9.59 Å². The molecule has 0 saturated carbocycles. The summed E-state index contributed by atoms with van der Waals surface area (Å²) in [6.07, 6.45) is 3.14. The molecular formula is C18H27N3O2. The van der Waals surface area contributed by atoms with Crippen molar-refractivity contribution in [2.24, 2.45) is 11.7 Å². The van der Waals surface area contributed by atoms with Crippen molar-refractivity contribution in [1.29, 1.82) is 0 Å². The highest BCUT2D eigenvalue weighted by atomic mass is 16.2. The van der Waals surface area contributed by atoms with Gasteiger partial charge in [0.2, 0.25) is 5.91 Å². The molecule has 0 radical (unpaired) electrons. The molecule has 1 aliphatic rings. The minimum atomic E-state index is -0.0872. The van der Waals surface area contributed by atoms with Gasteiger partial charge in [-0.1, -0.05) is 18.2 Å². The molecule has 2 rings (SSSR count). The summed E-state index contributed by atoms with van der Waals surface area (Å²) in [5, 5.41) is 2.85. The number of benzene rings is 1. The summed E-state index contributed by atoms with van der Waals surface area (Å²) in [6, 6.07) is 9.32. The van der Waals surface area contributed by atoms with E-state index in [1.54, 1.807) is 12.1 Å². The number of piperidine rings is 1. The fraction of sp³-hybridized carbons (Fsp3) is 0.556. The maximum absolute atomic E-state index is 12.2. The average Bonchev–Trinajstić information content (AvgIpc) is 2.59. The van der Waals surface area contributed by atoms with Crippen LogP contribution in [0.3, 0.4) is 0 Å². The lowest BCUT2D eigenvalue weighted by atomic mass is 9.91. The van der Waals surface area contributed by atoms with Crippen LogP contribution < -0.4 is 11.1 Å². The van der Waals surface area contributed by atoms with Crippen LogP contribution in [0, 0.1) is 5.92 Å². The normalized spacial score (nSPS) is 16.9. The Bertz CT molecular complexity index is 508. The molecule has 1 heterocycles. The molecule has 3 N–H and O–H groups in total. The van der Waals surface area contributed by atoms with Gasteiger partial charge in [0, 0.05) is 37.7 Å². The first-order valence-electron chi connectivity index (χ1n) is 8.44. The number of rotatable bonds is 6. The second-order valence-corrected chi connectivity index (χ2v) is 6.30. The Morgan fingerprint density at radius 2 is 1.91 bits per heavy atom. The fourth-order valence-corrected chi connectivity index (χ4v) is 2.97. The summed E-state index contributed by atoms with van der Waals surface area (Å²) in [5.41, 5.74) is 6.57. The molecule has 2 amide bonds. The minimum absolute atomic E-state index is 0.0872. The van der Waals surface area contributed by atoms with Crippen molar-refractivity contribution in [1.82, 2.24) is 10.2 Å². The summed E-state index contributed by atoms with van der Waals surface area (Å²) in [6.45, 7) is 4.18. The van der Waals surface area contributed by atoms with E-state index in [4.69, 9.17) is 5.73 Å². The maximum atomic E-state index is 12.2. The summed E-state index contributed by atoms with van der Waals surface area (Å²) in [7, 11) is 0. The van der Waals surface area contributed by atoms with E-state index in [0.717, 1.165) is 25.9 Å². The number of nitrogens with one attached hydrogen (secondary N) is 1. The fourth-order valence-electron chi connectivity index (χ4n) is 2.97. The molecule has 1 fully saturated rings. The topological polar surface area (TPSA) is 75.4 Å². The quantitative estimate of drug-likeness (QED) is 0.785. The van der Waals surface area contributed by atoms with E-state index in [0.29, 0.717) is 30.9 Å². The van der Waals surface area contributed by atoms with Gasteiger partial charge in [-0.3, -0.25) is 9.59 Å². The van der Waals surface area contributed by atoms with Crippen LogP contribution in [-0.4, -0.2) is 42.4 Å². The van der Waals surface area contributed by atoms with Crippen molar-refractivity contribution in [3.63, 3.8) is 0 Å². The summed E-state index contributed by atoms with van der Waals surface area (Å²) in [4.78, 5) is 26.0. The van der Waals surface area contributed by atoms with Gasteiger partial charge in [-0.05, 0) is 44.2 Å². The Morgan fingerprint density at radius 3 is 2.52 bits per heavy atom. The lowest BCUT2D eigenvalue weighted by Crippen LogP contribution is -2.42. The van der Waals surface area contributed by atoms with E-state index < -0.39 is 0 Å². The van der Waals surface area contributed by atoms with Crippen LogP contribution in [0.25, 0.3) is 0 Å². The highest BCUT2D eigenvalue weighted by Crippen LogP contribution is 2.20. The van der Waals surface area contributed by atoms with Crippen molar-refractivity contribution >= 4 is 11.8 Å². The van der Waals surface area contributed by atoms with Crippen LogP contribution in [0.5, 0.6) is 0 Å². The van der Waals surface area contributed by atoms with E-state index in [1.165, 1.54) is 0 Å². The third-order valence-electron chi connectivity index (χ3n) is 4.52. The molecule has 1 aromatic carbocycles. The number of carbonyl (C=O) groups excluding carboxylic acids is 2. The number of hydrogen-bond acceptors (Lipinski definition) is 3. The number of hydrogen-bond donors (Lipinski definition) is 2. The van der Waals surface area contributed by atoms with Crippen LogP contribution in [0.4, 0.5) is 0 Å². The van der Waals surface area contributed by atoms with E-state index in [9.17, 15) is 9.59 Å². The molecule has 0 spiro atoms. The van der Waals surface area contributed by atoms with Crippen LogP contribution in [-0.2, 0) is 4.79 Å². The van der Waals surface area contributed by atoms with Crippen molar-refractivity contribution in [3.8, 4) is 0 Å². The van der Waals surface area contributed by atoms with Crippen LogP contribution >= 0.6 is 0 Å². The van der Waals surface area contributed by atoms with E-state index >= 15 is 0 Å². The summed E-state index contributed by atoms with van der Waals surface area (Å²) < 4.78 is 0. The number of nitrogens with zero attached hydrogens (tertiary/aromatic N) is 1. The zero-order valence-corrected chi connectivity index (χ0v) is 13.8. The van der Waals surface area contributed by atoms with Gasteiger partial charge in [-0.2, -0.15) is 0 Å². The van der Waals surface area contributed by atoms with E-state index in [-0.39, 0.29) is 17.9 Å². The Kier molecular flexibility index (Phi) is 6.59. The third kappa shape index (κ3) is 5.36. The van der Waals surface area contributed by atoms with Crippen molar-refractivity contribution in [2.75, 3.05) is 19.6 Å². The van der Waals surface area contributed by atoms with E-state index in [1.807, 2.05) is 30.0 Å². The molecule has 0 aliphatic carbocycles. The lowest BCUT2D eigenvalue weighted by molar-refractivity contribution is -0.132. The number of amides is 2. The number of carbonyl (C=O) groups is 2. The zero-order valence-electron chi connectivity index (χ0n) is 13.8. The molecule has 0 aromatic heterocycles. The molecule has 1 atom stereocenters. The van der Waals surface area contributed by atoms with Gasteiger partial charge < -0.3 is 16.0 Å². The molecule has 5 nitrogen and oxygen atoms in total. The van der Waals surface area contributed by atoms with E-state index in [2.05, 4.69) is 5.32 Å². The van der Waals surface area contributed by atoms with Gasteiger partial charge in [0.25, 0.3) is 5.91 Å². The van der Waals surface area contributed by atoms with Gasteiger partial charge in [0.1, 0.15) is 0 Å². The van der Waals surface area contributed by atoms with Gasteiger partial charge in [-0.15, -0.1) is 0 Å². The minimum Gasteiger partial charge on any atom is -0.352 e. The monoisotopic (exact) mass is 317 g/mol. The SMILES string of the molecule is CC(N)C1CCN(C(=O)CCCNC(=O)c2ccccc2)CC1. The van der Waals surface area contributed by atoms with Crippen LogP contribution in [0.15, 0.2) is 30.3 Å². The number of nitrogens with two attached hydrogens (primary N) is 1. The molecule has 23 heavy (non-hydrogen) atoms. The molecule has 126 valence electrons. The van der Waals surface area contributed by atoms with Crippen LogP contribution in [0.1, 0.15) is 43.0 Å². The summed E-state index contributed by atoms with van der Waals surface area (Å²) in [5.74, 6) is 0.627. The third-order valence-corrected chi connectivity index (χ3v) is 4.52. The van der Waals surface area contributed by atoms with Gasteiger partial charge in [0.15, 0.2) is 0 Å². The Morgan fingerprint density at radius 1 is 1.26 bits per heavy atom. The first-order valence-corrected chi connectivity index (χ1v) is 8.44. The molecular weight excluding hydrogens is 290 g/mol. The first kappa shape index (κ1) is 17.5. The molecule has 0 bridgehead atoms. The van der Waals surface area contributed by atoms with Gasteiger partial charge in [-0.25, -0.2) is 0 Å². The van der Waals surface area contributed by atoms with Crippen molar-refractivity contribution in [3.05, 3.63) is 35.9 Å². The van der Waals surface area contributed by atoms with Crippen molar-refractivity contribution in [2.45, 2.75) is 38.6 Å². The average molecular weight is 317 g/mol. The molecule has 1 saturated heterocycles. The Labute approximate surface area is 138 Å². The summed E-state index contributed by atoms with van der Waals surface area (Å²) >= 11 is 0. The zero-order chi connectivity index (χ0) is 16.7. The largest absolute Gasteiger partial charge is 0.352 e. The first-order chi connectivity index (χ1) is 11.1. The molecule has 1 unspecified atom stereocenters. The number of likely N-dealkylation sites (tertiary alicyclic amines) is 1. The second kappa shape index (κ2) is 8.67. The predicted octanol–water partition coefficient (Wildman–Crippen LogP) is 1.78. The maximum Gasteiger partial charge on any atom is 0.251 e.